The van der Waals surface area contributed by atoms with Gasteiger partial charge in [-0.3, -0.25) is 14.8 Å². The Kier molecular flexibility index (Phi) is 5.64. The van der Waals surface area contributed by atoms with E-state index in [0.29, 0.717) is 17.9 Å². The Labute approximate surface area is 164 Å². The van der Waals surface area contributed by atoms with Crippen molar-refractivity contribution in [1.82, 2.24) is 20.1 Å². The summed E-state index contributed by atoms with van der Waals surface area (Å²) in [7, 11) is 0. The normalized spacial score (nSPS) is 15.0. The first-order valence-electron chi connectivity index (χ1n) is 9.76. The molecule has 1 aromatic carbocycles. The van der Waals surface area contributed by atoms with Crippen molar-refractivity contribution in [3.05, 3.63) is 42.1 Å². The summed E-state index contributed by atoms with van der Waals surface area (Å²) in [5.74, 6) is 0.581. The molecule has 1 fully saturated rings. The summed E-state index contributed by atoms with van der Waals surface area (Å²) in [5, 5.41) is 10.8. The van der Waals surface area contributed by atoms with Gasteiger partial charge in [0.15, 0.2) is 5.65 Å². The van der Waals surface area contributed by atoms with Gasteiger partial charge in [0, 0.05) is 37.8 Å². The van der Waals surface area contributed by atoms with Crippen LogP contribution in [0.5, 0.6) is 0 Å². The number of amides is 1. The van der Waals surface area contributed by atoms with E-state index in [9.17, 15) is 4.79 Å². The lowest BCUT2D eigenvalue weighted by Gasteiger charge is -2.26. The highest BCUT2D eigenvalue weighted by Gasteiger charge is 2.12. The van der Waals surface area contributed by atoms with Crippen LogP contribution in [0.4, 0.5) is 5.82 Å². The second-order valence-corrected chi connectivity index (χ2v) is 7.08. The van der Waals surface area contributed by atoms with Gasteiger partial charge in [-0.2, -0.15) is 5.10 Å². The number of benzene rings is 1. The molecule has 3 aromatic rings. The molecule has 0 saturated carbocycles. The monoisotopic (exact) mass is 379 g/mol. The molecule has 2 N–H and O–H groups in total. The summed E-state index contributed by atoms with van der Waals surface area (Å²) in [6, 6.07) is 10.6. The lowest BCUT2D eigenvalue weighted by atomic mass is 10.0. The lowest BCUT2D eigenvalue weighted by molar-refractivity contribution is -0.116. The summed E-state index contributed by atoms with van der Waals surface area (Å²) in [6.07, 6.45) is 3.11. The predicted octanol–water partition coefficient (Wildman–Crippen LogP) is 3.20. The van der Waals surface area contributed by atoms with Gasteiger partial charge < -0.3 is 10.1 Å². The number of morpholine rings is 1. The molecule has 2 aromatic heterocycles. The molecule has 1 saturated heterocycles. The van der Waals surface area contributed by atoms with Crippen LogP contribution in [0.15, 0.2) is 36.5 Å². The van der Waals surface area contributed by atoms with E-state index < -0.39 is 0 Å². The minimum Gasteiger partial charge on any atom is -0.379 e. The maximum absolute atomic E-state index is 11.9. The van der Waals surface area contributed by atoms with Crippen molar-refractivity contribution in [3.63, 3.8) is 0 Å². The Morgan fingerprint density at radius 1 is 1.21 bits per heavy atom. The van der Waals surface area contributed by atoms with Gasteiger partial charge >= 0.3 is 0 Å². The molecule has 1 amide bonds. The van der Waals surface area contributed by atoms with Crippen LogP contribution in [0.3, 0.4) is 0 Å². The number of ether oxygens (including phenoxy) is 1. The zero-order chi connectivity index (χ0) is 19.3. The average molecular weight is 379 g/mol. The maximum atomic E-state index is 11.9. The Morgan fingerprint density at radius 2 is 2.00 bits per heavy atom. The number of anilines is 1. The number of aromatic amines is 1. The van der Waals surface area contributed by atoms with Gasteiger partial charge in [0.2, 0.25) is 5.91 Å². The van der Waals surface area contributed by atoms with Crippen LogP contribution in [0.25, 0.3) is 22.2 Å². The number of carbonyl (C=O) groups is 1. The fourth-order valence-electron chi connectivity index (χ4n) is 3.40. The average Bonchev–Trinajstić information content (AvgIpc) is 3.11. The first-order chi connectivity index (χ1) is 13.7. The molecule has 0 bridgehead atoms. The smallest absolute Gasteiger partial charge is 0.225 e. The van der Waals surface area contributed by atoms with Crippen molar-refractivity contribution in [1.29, 1.82) is 0 Å². The van der Waals surface area contributed by atoms with Crippen molar-refractivity contribution in [3.8, 4) is 11.1 Å². The maximum Gasteiger partial charge on any atom is 0.225 e. The molecule has 3 heterocycles. The molecule has 0 radical (unpaired) electrons. The third-order valence-corrected chi connectivity index (χ3v) is 4.95. The first-order valence-corrected chi connectivity index (χ1v) is 9.76. The number of nitrogens with one attached hydrogen (secondary N) is 2. The highest BCUT2D eigenvalue weighted by molar-refractivity contribution is 5.99. The number of fused-ring (bicyclic) bond motifs is 1. The third kappa shape index (κ3) is 4.21. The van der Waals surface area contributed by atoms with E-state index in [1.807, 2.05) is 19.2 Å². The van der Waals surface area contributed by atoms with E-state index >= 15 is 0 Å². The number of carbonyl (C=O) groups excluding carboxylic acids is 1. The van der Waals surface area contributed by atoms with E-state index in [1.54, 1.807) is 0 Å². The Bertz CT molecular complexity index is 945. The van der Waals surface area contributed by atoms with Gasteiger partial charge in [0.05, 0.1) is 18.6 Å². The zero-order valence-corrected chi connectivity index (χ0v) is 16.1. The number of nitrogens with zero attached hydrogens (tertiary/aromatic N) is 3. The fraction of sp³-hybridized carbons (Fsp3) is 0.381. The molecule has 4 rings (SSSR count). The quantitative estimate of drug-likeness (QED) is 0.687. The molecule has 146 valence electrons. The number of pyridine rings is 1. The van der Waals surface area contributed by atoms with Crippen LogP contribution in [0, 0.1) is 0 Å². The molecule has 7 heteroatoms. The summed E-state index contributed by atoms with van der Waals surface area (Å²) in [4.78, 5) is 18.8. The largest absolute Gasteiger partial charge is 0.379 e. The van der Waals surface area contributed by atoms with E-state index in [2.05, 4.69) is 49.7 Å². The second kappa shape index (κ2) is 8.50. The molecule has 0 spiro atoms. The van der Waals surface area contributed by atoms with Gasteiger partial charge in [-0.25, -0.2) is 4.98 Å². The second-order valence-electron chi connectivity index (χ2n) is 7.08. The zero-order valence-electron chi connectivity index (χ0n) is 16.1. The van der Waals surface area contributed by atoms with Crippen molar-refractivity contribution >= 4 is 22.8 Å². The first kappa shape index (κ1) is 18.6. The summed E-state index contributed by atoms with van der Waals surface area (Å²) in [5.41, 5.74) is 3.97. The molecular formula is C21H25N5O2. The van der Waals surface area contributed by atoms with Crippen LogP contribution in [-0.2, 0) is 16.1 Å². The fourth-order valence-corrected chi connectivity index (χ4v) is 3.40. The van der Waals surface area contributed by atoms with Crippen LogP contribution in [0.2, 0.25) is 0 Å². The van der Waals surface area contributed by atoms with Gasteiger partial charge in [0.25, 0.3) is 0 Å². The van der Waals surface area contributed by atoms with Crippen molar-refractivity contribution in [2.45, 2.75) is 26.3 Å². The highest BCUT2D eigenvalue weighted by Crippen LogP contribution is 2.26. The number of rotatable bonds is 6. The van der Waals surface area contributed by atoms with Crippen LogP contribution in [-0.4, -0.2) is 52.3 Å². The van der Waals surface area contributed by atoms with Gasteiger partial charge in [-0.15, -0.1) is 0 Å². The molecule has 0 atom stereocenters. The minimum absolute atomic E-state index is 0.0223. The SMILES string of the molecule is CCCC(=O)Nc1[nH]nc2ncc(-c3ccc(CN4CCOCC4)cc3)cc12. The van der Waals surface area contributed by atoms with Gasteiger partial charge in [-0.1, -0.05) is 31.2 Å². The molecule has 28 heavy (non-hydrogen) atoms. The Balaban J connectivity index is 1.52. The van der Waals surface area contributed by atoms with Crippen LogP contribution < -0.4 is 5.32 Å². The standard InChI is InChI=1S/C21H25N5O2/c1-2-3-19(27)23-21-18-12-17(13-22-20(18)24-25-21)16-6-4-15(5-7-16)14-26-8-10-28-11-9-26/h4-7,12-13H,2-3,8-11,14H2,1H3,(H2,22,23,24,25,27). The summed E-state index contributed by atoms with van der Waals surface area (Å²) >= 11 is 0. The number of hydrogen-bond acceptors (Lipinski definition) is 5. The molecular weight excluding hydrogens is 354 g/mol. The van der Waals surface area contributed by atoms with E-state index in [-0.39, 0.29) is 5.91 Å². The van der Waals surface area contributed by atoms with Crippen molar-refractivity contribution in [2.75, 3.05) is 31.6 Å². The van der Waals surface area contributed by atoms with Crippen molar-refractivity contribution < 1.29 is 9.53 Å². The third-order valence-electron chi connectivity index (χ3n) is 4.95. The Morgan fingerprint density at radius 3 is 2.75 bits per heavy atom. The predicted molar refractivity (Wildman–Crippen MR) is 109 cm³/mol. The molecule has 1 aliphatic rings. The van der Waals surface area contributed by atoms with E-state index in [0.717, 1.165) is 55.8 Å². The van der Waals surface area contributed by atoms with Crippen LogP contribution in [0.1, 0.15) is 25.3 Å². The lowest BCUT2D eigenvalue weighted by Crippen LogP contribution is -2.35. The summed E-state index contributed by atoms with van der Waals surface area (Å²) < 4.78 is 5.41. The molecule has 7 nitrogen and oxygen atoms in total. The van der Waals surface area contributed by atoms with E-state index in [4.69, 9.17) is 4.74 Å². The van der Waals surface area contributed by atoms with Crippen LogP contribution >= 0.6 is 0 Å². The topological polar surface area (TPSA) is 83.1 Å². The van der Waals surface area contributed by atoms with E-state index in [1.165, 1.54) is 5.56 Å². The molecule has 0 aliphatic carbocycles. The number of aromatic nitrogens is 3. The molecule has 1 aliphatic heterocycles. The van der Waals surface area contributed by atoms with Crippen molar-refractivity contribution in [2.24, 2.45) is 0 Å². The minimum atomic E-state index is -0.0223. The van der Waals surface area contributed by atoms with Gasteiger partial charge in [-0.05, 0) is 23.6 Å². The number of H-pyrrole nitrogens is 1. The Hall–Kier alpha value is -2.77. The highest BCUT2D eigenvalue weighted by atomic mass is 16.5. The summed E-state index contributed by atoms with van der Waals surface area (Å²) in [6.45, 7) is 6.51. The van der Waals surface area contributed by atoms with Gasteiger partial charge in [0.1, 0.15) is 5.82 Å². The molecule has 0 unspecified atom stereocenters. The number of hydrogen-bond donors (Lipinski definition) is 2.